The Hall–Kier alpha value is -2.15. The number of aliphatic hydroxyl groups excluding tert-OH is 1. The number of pyridine rings is 1. The molecule has 0 aliphatic carbocycles. The van der Waals surface area contributed by atoms with E-state index in [1.54, 1.807) is 6.07 Å². The molecule has 1 aromatic heterocycles. The summed E-state index contributed by atoms with van der Waals surface area (Å²) in [5.41, 5.74) is -0.390. The van der Waals surface area contributed by atoms with Gasteiger partial charge in [0.1, 0.15) is 11.6 Å². The Morgan fingerprint density at radius 3 is 2.48 bits per heavy atom. The van der Waals surface area contributed by atoms with E-state index in [0.717, 1.165) is 12.1 Å². The quantitative estimate of drug-likeness (QED) is 0.851. The van der Waals surface area contributed by atoms with E-state index in [9.17, 15) is 22.7 Å². The summed E-state index contributed by atoms with van der Waals surface area (Å²) in [5.74, 6) is -0.306. The minimum Gasteiger partial charge on any atom is -0.394 e. The van der Waals surface area contributed by atoms with Crippen molar-refractivity contribution >= 4 is 5.82 Å². The minimum atomic E-state index is -4.45. The molecule has 0 spiro atoms. The second-order valence-corrected chi connectivity index (χ2v) is 4.36. The van der Waals surface area contributed by atoms with Gasteiger partial charge >= 0.3 is 6.18 Å². The number of rotatable bonds is 4. The summed E-state index contributed by atoms with van der Waals surface area (Å²) in [7, 11) is 0. The highest BCUT2D eigenvalue weighted by atomic mass is 19.4. The van der Waals surface area contributed by atoms with Gasteiger partial charge < -0.3 is 10.4 Å². The van der Waals surface area contributed by atoms with Crippen LogP contribution in [0, 0.1) is 5.82 Å². The van der Waals surface area contributed by atoms with Crippen LogP contribution in [-0.4, -0.2) is 16.7 Å². The topological polar surface area (TPSA) is 45.1 Å². The van der Waals surface area contributed by atoms with Crippen molar-refractivity contribution in [3.05, 3.63) is 59.5 Å². The van der Waals surface area contributed by atoms with Gasteiger partial charge in [-0.15, -0.1) is 0 Å². The summed E-state index contributed by atoms with van der Waals surface area (Å²) in [6.07, 6.45) is -3.76. The molecule has 1 atom stereocenters. The number of aromatic nitrogens is 1. The van der Waals surface area contributed by atoms with Crippen molar-refractivity contribution in [3.63, 3.8) is 0 Å². The van der Waals surface area contributed by atoms with Crippen molar-refractivity contribution in [2.75, 3.05) is 11.9 Å². The van der Waals surface area contributed by atoms with Crippen LogP contribution in [0.5, 0.6) is 0 Å². The van der Waals surface area contributed by atoms with Gasteiger partial charge in [-0.1, -0.05) is 12.1 Å². The van der Waals surface area contributed by atoms with Gasteiger partial charge in [-0.25, -0.2) is 9.37 Å². The van der Waals surface area contributed by atoms with E-state index >= 15 is 0 Å². The first-order valence-electron chi connectivity index (χ1n) is 6.06. The van der Waals surface area contributed by atoms with Gasteiger partial charge in [-0.3, -0.25) is 0 Å². The van der Waals surface area contributed by atoms with Crippen LogP contribution in [-0.2, 0) is 6.18 Å². The lowest BCUT2D eigenvalue weighted by Crippen LogP contribution is -2.16. The lowest BCUT2D eigenvalue weighted by Gasteiger charge is -2.17. The van der Waals surface area contributed by atoms with E-state index < -0.39 is 23.6 Å². The molecule has 3 nitrogen and oxygen atoms in total. The van der Waals surface area contributed by atoms with E-state index in [1.165, 1.54) is 18.2 Å². The number of nitrogens with one attached hydrogen (secondary N) is 1. The highest BCUT2D eigenvalue weighted by molar-refractivity contribution is 5.40. The standard InChI is InChI=1S/C14H12F4N2O/c15-11-3-1-2-9(6-11)12(8-21)20-13-5-4-10(7-19-13)14(16,17)18/h1-7,12,21H,8H2,(H,19,20). The predicted molar refractivity (Wildman–Crippen MR) is 69.1 cm³/mol. The Kier molecular flexibility index (Phi) is 4.42. The lowest BCUT2D eigenvalue weighted by atomic mass is 10.1. The zero-order chi connectivity index (χ0) is 15.5. The Balaban J connectivity index is 2.15. The number of hydrogen-bond acceptors (Lipinski definition) is 3. The van der Waals surface area contributed by atoms with Crippen molar-refractivity contribution in [2.24, 2.45) is 0 Å². The van der Waals surface area contributed by atoms with Crippen LogP contribution in [0.2, 0.25) is 0 Å². The number of halogens is 4. The van der Waals surface area contributed by atoms with Gasteiger partial charge in [0, 0.05) is 6.20 Å². The van der Waals surface area contributed by atoms with Crippen LogP contribution in [0.15, 0.2) is 42.6 Å². The van der Waals surface area contributed by atoms with Crippen LogP contribution in [0.25, 0.3) is 0 Å². The molecule has 2 N–H and O–H groups in total. The fourth-order valence-electron chi connectivity index (χ4n) is 1.78. The van der Waals surface area contributed by atoms with Crippen LogP contribution >= 0.6 is 0 Å². The number of benzene rings is 1. The number of nitrogens with zero attached hydrogens (tertiary/aromatic N) is 1. The maximum absolute atomic E-state index is 13.1. The Labute approximate surface area is 118 Å². The van der Waals surface area contributed by atoms with Crippen molar-refractivity contribution in [1.29, 1.82) is 0 Å². The molecule has 21 heavy (non-hydrogen) atoms. The molecule has 0 bridgehead atoms. The lowest BCUT2D eigenvalue weighted by molar-refractivity contribution is -0.137. The third-order valence-corrected chi connectivity index (χ3v) is 2.85. The van der Waals surface area contributed by atoms with Gasteiger partial charge in [-0.2, -0.15) is 13.2 Å². The number of aliphatic hydroxyl groups is 1. The molecular weight excluding hydrogens is 288 g/mol. The van der Waals surface area contributed by atoms with Crippen LogP contribution in [0.3, 0.4) is 0 Å². The highest BCUT2D eigenvalue weighted by Crippen LogP contribution is 2.29. The van der Waals surface area contributed by atoms with Crippen molar-refractivity contribution in [3.8, 4) is 0 Å². The number of alkyl halides is 3. The first-order valence-corrected chi connectivity index (χ1v) is 6.06. The highest BCUT2D eigenvalue weighted by Gasteiger charge is 2.30. The molecule has 7 heteroatoms. The van der Waals surface area contributed by atoms with E-state index in [1.807, 2.05) is 0 Å². The van der Waals surface area contributed by atoms with Crippen molar-refractivity contribution in [1.82, 2.24) is 4.98 Å². The summed E-state index contributed by atoms with van der Waals surface area (Å²) in [6, 6.07) is 6.95. The molecule has 0 saturated heterocycles. The van der Waals surface area contributed by atoms with Crippen molar-refractivity contribution < 1.29 is 22.7 Å². The van der Waals surface area contributed by atoms with E-state index in [-0.39, 0.29) is 12.4 Å². The third-order valence-electron chi connectivity index (χ3n) is 2.85. The zero-order valence-corrected chi connectivity index (χ0v) is 10.7. The normalized spacial score (nSPS) is 13.0. The van der Waals surface area contributed by atoms with Gasteiger partial charge in [0.05, 0.1) is 18.2 Å². The van der Waals surface area contributed by atoms with Crippen molar-refractivity contribution in [2.45, 2.75) is 12.2 Å². The average molecular weight is 300 g/mol. The van der Waals surface area contributed by atoms with E-state index in [2.05, 4.69) is 10.3 Å². The second-order valence-electron chi connectivity index (χ2n) is 4.36. The number of anilines is 1. The largest absolute Gasteiger partial charge is 0.417 e. The molecule has 2 rings (SSSR count). The van der Waals surface area contributed by atoms with Crippen LogP contribution < -0.4 is 5.32 Å². The average Bonchev–Trinajstić information content (AvgIpc) is 2.44. The third kappa shape index (κ3) is 3.91. The predicted octanol–water partition coefficient (Wildman–Crippen LogP) is 3.39. The molecule has 0 amide bonds. The fourth-order valence-corrected chi connectivity index (χ4v) is 1.78. The van der Waals surface area contributed by atoms with Gasteiger partial charge in [0.25, 0.3) is 0 Å². The number of hydrogen-bond donors (Lipinski definition) is 2. The first kappa shape index (κ1) is 15.2. The Morgan fingerprint density at radius 1 is 1.19 bits per heavy atom. The SMILES string of the molecule is OCC(Nc1ccc(C(F)(F)F)cn1)c1cccc(F)c1. The summed E-state index contributed by atoms with van der Waals surface area (Å²) < 4.78 is 50.4. The summed E-state index contributed by atoms with van der Waals surface area (Å²) in [5, 5.41) is 12.1. The van der Waals surface area contributed by atoms with Crippen LogP contribution in [0.4, 0.5) is 23.4 Å². The van der Waals surface area contributed by atoms with Gasteiger partial charge in [0.2, 0.25) is 0 Å². The molecule has 112 valence electrons. The zero-order valence-electron chi connectivity index (χ0n) is 10.7. The molecular formula is C14H12F4N2O. The maximum Gasteiger partial charge on any atom is 0.417 e. The van der Waals surface area contributed by atoms with Crippen LogP contribution in [0.1, 0.15) is 17.2 Å². The molecule has 0 fully saturated rings. The summed E-state index contributed by atoms with van der Waals surface area (Å²) >= 11 is 0. The molecule has 1 heterocycles. The molecule has 0 aliphatic rings. The molecule has 0 radical (unpaired) electrons. The van der Waals surface area contributed by atoms with E-state index in [4.69, 9.17) is 0 Å². The molecule has 1 unspecified atom stereocenters. The first-order chi connectivity index (χ1) is 9.90. The summed E-state index contributed by atoms with van der Waals surface area (Å²) in [6.45, 7) is -0.355. The Morgan fingerprint density at radius 2 is 1.95 bits per heavy atom. The Bertz CT molecular complexity index is 599. The second kappa shape index (κ2) is 6.09. The maximum atomic E-state index is 13.1. The monoisotopic (exact) mass is 300 g/mol. The summed E-state index contributed by atoms with van der Waals surface area (Å²) in [4.78, 5) is 3.64. The van der Waals surface area contributed by atoms with Gasteiger partial charge in [-0.05, 0) is 29.8 Å². The minimum absolute atomic E-state index is 0.159. The molecule has 0 aliphatic heterocycles. The molecule has 0 saturated carbocycles. The molecule has 2 aromatic rings. The smallest absolute Gasteiger partial charge is 0.394 e. The van der Waals surface area contributed by atoms with Gasteiger partial charge in [0.15, 0.2) is 0 Å². The van der Waals surface area contributed by atoms with E-state index in [0.29, 0.717) is 11.8 Å². The fraction of sp³-hybridized carbons (Fsp3) is 0.214. The molecule has 1 aromatic carbocycles.